The molecular weight excluding hydrogens is 440 g/mol. The number of fused-ring (bicyclic) bond motifs is 2. The zero-order chi connectivity index (χ0) is 23.4. The maximum absolute atomic E-state index is 12.9. The molecule has 5 rings (SSSR count). The lowest BCUT2D eigenvalue weighted by Gasteiger charge is -2.54. The standard InChI is InChI=1S/C25H26N2O5S/c1-24(2)12-16-9-6-10-17(20(16)32-24)25(23(30)31)13-27-21(29)19(22(27)33-14-25)26-18(28)11-15-7-4-3-5-8-15/h3-10,19,22H,11-14H2,1-2H3,(H,26,28)(H,30,31)/t19-,22-,25?/m1/s1. The lowest BCUT2D eigenvalue weighted by atomic mass is 9.79. The molecule has 2 N–H and O–H groups in total. The van der Waals surface area contributed by atoms with Crippen molar-refractivity contribution >= 4 is 29.5 Å². The molecule has 3 heterocycles. The van der Waals surface area contributed by atoms with Gasteiger partial charge in [0.1, 0.15) is 28.2 Å². The Labute approximate surface area is 196 Å². The summed E-state index contributed by atoms with van der Waals surface area (Å²) in [4.78, 5) is 39.6. The van der Waals surface area contributed by atoms with E-state index >= 15 is 0 Å². The molecule has 3 aliphatic rings. The number of nitrogens with one attached hydrogen (secondary N) is 1. The molecule has 0 aliphatic carbocycles. The number of benzene rings is 2. The second kappa shape index (κ2) is 7.80. The molecule has 0 bridgehead atoms. The first-order valence-corrected chi connectivity index (χ1v) is 12.1. The van der Waals surface area contributed by atoms with Crippen LogP contribution in [0, 0.1) is 0 Å². The van der Waals surface area contributed by atoms with Crippen molar-refractivity contribution in [2.24, 2.45) is 0 Å². The van der Waals surface area contributed by atoms with Gasteiger partial charge in [0.05, 0.1) is 6.42 Å². The average Bonchev–Trinajstić information content (AvgIpc) is 3.11. The number of thioether (sulfide) groups is 1. The van der Waals surface area contributed by atoms with Gasteiger partial charge in [-0.15, -0.1) is 11.8 Å². The fourth-order valence-corrected chi connectivity index (χ4v) is 6.54. The van der Waals surface area contributed by atoms with E-state index in [1.807, 2.05) is 56.3 Å². The van der Waals surface area contributed by atoms with Crippen LogP contribution in [-0.4, -0.2) is 57.1 Å². The molecule has 0 radical (unpaired) electrons. The van der Waals surface area contributed by atoms with Crippen molar-refractivity contribution in [1.29, 1.82) is 0 Å². The summed E-state index contributed by atoms with van der Waals surface area (Å²) in [5.74, 6) is -0.508. The Morgan fingerprint density at radius 1 is 1.18 bits per heavy atom. The number of ether oxygens (including phenoxy) is 1. The Morgan fingerprint density at radius 3 is 2.67 bits per heavy atom. The third-order valence-electron chi connectivity index (χ3n) is 6.62. The number of aliphatic carboxylic acids is 1. The first-order chi connectivity index (χ1) is 15.7. The van der Waals surface area contributed by atoms with Crippen LogP contribution in [0.25, 0.3) is 0 Å². The minimum absolute atomic E-state index is 0.0597. The summed E-state index contributed by atoms with van der Waals surface area (Å²) in [6.07, 6.45) is 0.907. The highest BCUT2D eigenvalue weighted by molar-refractivity contribution is 8.00. The molecule has 2 aromatic carbocycles. The second-order valence-corrected chi connectivity index (χ2v) is 10.7. The minimum atomic E-state index is -1.26. The Balaban J connectivity index is 1.34. The summed E-state index contributed by atoms with van der Waals surface area (Å²) in [5.41, 5.74) is 0.824. The summed E-state index contributed by atoms with van der Waals surface area (Å²) in [5, 5.41) is 12.9. The van der Waals surface area contributed by atoms with Crippen LogP contribution < -0.4 is 10.1 Å². The van der Waals surface area contributed by atoms with Gasteiger partial charge in [-0.3, -0.25) is 14.4 Å². The Hall–Kier alpha value is -3.00. The van der Waals surface area contributed by atoms with Gasteiger partial charge in [-0.05, 0) is 25.0 Å². The number of carboxylic acids is 1. The van der Waals surface area contributed by atoms with E-state index < -0.39 is 23.0 Å². The number of hydrogen-bond acceptors (Lipinski definition) is 5. The summed E-state index contributed by atoms with van der Waals surface area (Å²) in [6.45, 7) is 4.03. The minimum Gasteiger partial charge on any atom is -0.487 e. The highest BCUT2D eigenvalue weighted by Gasteiger charge is 2.59. The van der Waals surface area contributed by atoms with E-state index in [2.05, 4.69) is 5.32 Å². The summed E-state index contributed by atoms with van der Waals surface area (Å²) in [6, 6.07) is 14.4. The van der Waals surface area contributed by atoms with Gasteiger partial charge >= 0.3 is 5.97 Å². The molecule has 172 valence electrons. The largest absolute Gasteiger partial charge is 0.487 e. The van der Waals surface area contributed by atoms with Gasteiger partial charge in [-0.25, -0.2) is 0 Å². The van der Waals surface area contributed by atoms with Gasteiger partial charge in [0.15, 0.2) is 0 Å². The number of carbonyl (C=O) groups is 3. The number of para-hydroxylation sites is 1. The maximum Gasteiger partial charge on any atom is 0.316 e. The molecule has 3 atom stereocenters. The van der Waals surface area contributed by atoms with Crippen molar-refractivity contribution in [3.8, 4) is 5.75 Å². The lowest BCUT2D eigenvalue weighted by molar-refractivity contribution is -0.154. The average molecular weight is 467 g/mol. The normalized spacial score (nSPS) is 27.1. The van der Waals surface area contributed by atoms with Crippen molar-refractivity contribution in [2.45, 2.75) is 49.1 Å². The van der Waals surface area contributed by atoms with Gasteiger partial charge in [-0.1, -0.05) is 48.5 Å². The van der Waals surface area contributed by atoms with Crippen LogP contribution in [0.1, 0.15) is 30.5 Å². The molecule has 33 heavy (non-hydrogen) atoms. The number of β-lactam (4-membered cyclic amide) rings is 1. The highest BCUT2D eigenvalue weighted by atomic mass is 32.2. The van der Waals surface area contributed by atoms with Crippen LogP contribution >= 0.6 is 11.8 Å². The molecule has 0 spiro atoms. The van der Waals surface area contributed by atoms with Crippen LogP contribution in [0.15, 0.2) is 48.5 Å². The van der Waals surface area contributed by atoms with E-state index in [9.17, 15) is 19.5 Å². The number of carbonyl (C=O) groups excluding carboxylic acids is 2. The topological polar surface area (TPSA) is 95.9 Å². The van der Waals surface area contributed by atoms with Crippen molar-refractivity contribution in [3.63, 3.8) is 0 Å². The molecule has 0 aromatic heterocycles. The molecule has 2 saturated heterocycles. The van der Waals surface area contributed by atoms with Crippen molar-refractivity contribution in [3.05, 3.63) is 65.2 Å². The van der Waals surface area contributed by atoms with Crippen LogP contribution in [-0.2, 0) is 32.6 Å². The predicted molar refractivity (Wildman–Crippen MR) is 124 cm³/mol. The van der Waals surface area contributed by atoms with Crippen LogP contribution in [0.3, 0.4) is 0 Å². The third-order valence-corrected chi connectivity index (χ3v) is 8.15. The smallest absolute Gasteiger partial charge is 0.316 e. The first-order valence-electron chi connectivity index (χ1n) is 11.0. The Morgan fingerprint density at radius 2 is 1.94 bits per heavy atom. The van der Waals surface area contributed by atoms with Gasteiger partial charge < -0.3 is 20.1 Å². The molecule has 7 nitrogen and oxygen atoms in total. The highest BCUT2D eigenvalue weighted by Crippen LogP contribution is 2.49. The van der Waals surface area contributed by atoms with Gasteiger partial charge in [-0.2, -0.15) is 0 Å². The number of rotatable bonds is 5. The Kier molecular flexibility index (Phi) is 5.16. The monoisotopic (exact) mass is 466 g/mol. The molecule has 2 aromatic rings. The fourth-order valence-electron chi connectivity index (χ4n) is 4.98. The van der Waals surface area contributed by atoms with E-state index in [1.165, 1.54) is 11.8 Å². The molecule has 2 amide bonds. The second-order valence-electron chi connectivity index (χ2n) is 9.59. The number of hydrogen-bond donors (Lipinski definition) is 2. The van der Waals surface area contributed by atoms with E-state index in [1.54, 1.807) is 11.0 Å². The maximum atomic E-state index is 12.9. The molecule has 0 saturated carbocycles. The van der Waals surface area contributed by atoms with E-state index in [0.717, 1.165) is 11.1 Å². The van der Waals surface area contributed by atoms with Crippen molar-refractivity contribution < 1.29 is 24.2 Å². The van der Waals surface area contributed by atoms with Gasteiger partial charge in [0.25, 0.3) is 0 Å². The molecule has 8 heteroatoms. The Bertz CT molecular complexity index is 1130. The molecule has 2 fully saturated rings. The van der Waals surface area contributed by atoms with Crippen LogP contribution in [0.2, 0.25) is 0 Å². The number of nitrogens with zero attached hydrogens (tertiary/aromatic N) is 1. The van der Waals surface area contributed by atoms with Crippen molar-refractivity contribution in [1.82, 2.24) is 10.2 Å². The zero-order valence-electron chi connectivity index (χ0n) is 18.5. The predicted octanol–water partition coefficient (Wildman–Crippen LogP) is 2.37. The summed E-state index contributed by atoms with van der Waals surface area (Å²) >= 11 is 1.40. The van der Waals surface area contributed by atoms with Crippen LogP contribution in [0.5, 0.6) is 5.75 Å². The van der Waals surface area contributed by atoms with Gasteiger partial charge in [0.2, 0.25) is 11.8 Å². The van der Waals surface area contributed by atoms with Crippen molar-refractivity contribution in [2.75, 3.05) is 12.3 Å². The van der Waals surface area contributed by atoms with E-state index in [4.69, 9.17) is 4.74 Å². The fraction of sp³-hybridized carbons (Fsp3) is 0.400. The molecule has 3 aliphatic heterocycles. The molecule has 1 unspecified atom stereocenters. The summed E-state index contributed by atoms with van der Waals surface area (Å²) < 4.78 is 6.16. The SMILES string of the molecule is CC1(C)Cc2cccc(C3(C(=O)O)CS[C@@H]4[C@H](NC(=O)Cc5ccccc5)C(=O)N4C3)c2O1. The lowest BCUT2D eigenvalue weighted by Crippen LogP contribution is -2.74. The zero-order valence-corrected chi connectivity index (χ0v) is 19.4. The van der Waals surface area contributed by atoms with Gasteiger partial charge in [0, 0.05) is 24.3 Å². The third kappa shape index (κ3) is 3.66. The van der Waals surface area contributed by atoms with E-state index in [-0.39, 0.29) is 30.2 Å². The number of carboxylic acid groups (broad SMARTS) is 1. The van der Waals surface area contributed by atoms with Crippen LogP contribution in [0.4, 0.5) is 0 Å². The number of amides is 2. The summed E-state index contributed by atoms with van der Waals surface area (Å²) in [7, 11) is 0. The quantitative estimate of drug-likeness (QED) is 0.657. The first kappa shape index (κ1) is 21.8. The molecular formula is C25H26N2O5S. The van der Waals surface area contributed by atoms with E-state index in [0.29, 0.717) is 23.5 Å².